The van der Waals surface area contributed by atoms with Crippen LogP contribution >= 0.6 is 7.82 Å². The van der Waals surface area contributed by atoms with Crippen molar-refractivity contribution in [1.82, 2.24) is 5.32 Å². The summed E-state index contributed by atoms with van der Waals surface area (Å²) in [6.45, 7) is 6.96. The molecule has 0 bridgehead atoms. The number of unbranched alkanes of at least 4 members (excludes halogenated alkanes) is 28. The Morgan fingerprint density at radius 1 is 0.547 bits per heavy atom. The van der Waals surface area contributed by atoms with Crippen molar-refractivity contribution < 1.29 is 37.3 Å². The number of nitrogens with one attached hydrogen (secondary N) is 1. The maximum atomic E-state index is 13.4. The van der Waals surface area contributed by atoms with Crippen LogP contribution in [0.1, 0.15) is 245 Å². The number of carbonyl (C=O) groups is 2. The van der Waals surface area contributed by atoms with Gasteiger partial charge in [0.05, 0.1) is 33.8 Å². The van der Waals surface area contributed by atoms with Gasteiger partial charge in [-0.1, -0.05) is 218 Å². The lowest BCUT2D eigenvalue weighted by atomic mass is 10.0. The van der Waals surface area contributed by atoms with E-state index in [0.29, 0.717) is 23.9 Å². The van der Waals surface area contributed by atoms with Crippen molar-refractivity contribution in [3.8, 4) is 0 Å². The minimum atomic E-state index is -4.44. The molecule has 0 heterocycles. The summed E-state index contributed by atoms with van der Waals surface area (Å²) in [7, 11) is 1.48. The number of amides is 1. The first-order valence-electron chi connectivity index (χ1n) is 26.8. The average Bonchev–Trinajstić information content (AvgIpc) is 3.25. The van der Waals surface area contributed by atoms with E-state index < -0.39 is 25.9 Å². The first kappa shape index (κ1) is 62.2. The van der Waals surface area contributed by atoms with Crippen LogP contribution in [0.5, 0.6) is 0 Å². The average molecular weight is 924 g/mol. The van der Waals surface area contributed by atoms with E-state index in [4.69, 9.17) is 13.8 Å². The maximum Gasteiger partial charge on any atom is 0.472 e. The fraction of sp³-hybridized carbons (Fsp3) is 0.852. The van der Waals surface area contributed by atoms with Crippen molar-refractivity contribution >= 4 is 19.7 Å². The van der Waals surface area contributed by atoms with Crippen LogP contribution < -0.4 is 5.32 Å². The lowest BCUT2D eigenvalue weighted by Gasteiger charge is -2.27. The highest BCUT2D eigenvalue weighted by Crippen LogP contribution is 2.43. The first-order chi connectivity index (χ1) is 30.9. The molecule has 0 saturated heterocycles. The van der Waals surface area contributed by atoms with Crippen LogP contribution in [-0.2, 0) is 27.9 Å². The summed E-state index contributed by atoms with van der Waals surface area (Å²) in [4.78, 5) is 37.4. The third-order valence-electron chi connectivity index (χ3n) is 11.8. The summed E-state index contributed by atoms with van der Waals surface area (Å²) in [5.41, 5.74) is 0. The van der Waals surface area contributed by atoms with Gasteiger partial charge in [-0.05, 0) is 51.0 Å². The molecule has 0 aromatic heterocycles. The highest BCUT2D eigenvalue weighted by molar-refractivity contribution is 7.47. The molecular formula is C54H104N2O7P+. The molecule has 0 saturated carbocycles. The van der Waals surface area contributed by atoms with Gasteiger partial charge in [-0.3, -0.25) is 18.6 Å². The number of ether oxygens (including phenoxy) is 1. The Hall–Kier alpha value is -1.77. The molecule has 9 nitrogen and oxygen atoms in total. The van der Waals surface area contributed by atoms with Crippen molar-refractivity contribution in [3.05, 3.63) is 36.5 Å². The normalized spacial score (nSPS) is 14.2. The zero-order valence-electron chi connectivity index (χ0n) is 42.8. The molecule has 0 spiro atoms. The highest BCUT2D eigenvalue weighted by Gasteiger charge is 2.30. The Kier molecular flexibility index (Phi) is 43.8. The van der Waals surface area contributed by atoms with Crippen molar-refractivity contribution in [2.24, 2.45) is 0 Å². The van der Waals surface area contributed by atoms with Crippen LogP contribution in [0.2, 0.25) is 0 Å². The number of phosphoric ester groups is 1. The first-order valence-corrected chi connectivity index (χ1v) is 28.3. The lowest BCUT2D eigenvalue weighted by molar-refractivity contribution is -0.870. The second-order valence-electron chi connectivity index (χ2n) is 19.4. The molecular weight excluding hydrogens is 820 g/mol. The lowest BCUT2D eigenvalue weighted by Crippen LogP contribution is -2.47. The van der Waals surface area contributed by atoms with Crippen LogP contribution in [-0.4, -0.2) is 74.3 Å². The minimum Gasteiger partial charge on any atom is -0.456 e. The highest BCUT2D eigenvalue weighted by atomic mass is 31.2. The summed E-state index contributed by atoms with van der Waals surface area (Å²) in [5.74, 6) is -0.578. The molecule has 0 aromatic rings. The largest absolute Gasteiger partial charge is 0.472 e. The van der Waals surface area contributed by atoms with Gasteiger partial charge in [-0.15, -0.1) is 0 Å². The van der Waals surface area contributed by atoms with Gasteiger partial charge in [0.1, 0.15) is 19.3 Å². The maximum absolute atomic E-state index is 13.4. The molecule has 64 heavy (non-hydrogen) atoms. The van der Waals surface area contributed by atoms with Gasteiger partial charge in [-0.2, -0.15) is 0 Å². The fourth-order valence-electron chi connectivity index (χ4n) is 7.64. The summed E-state index contributed by atoms with van der Waals surface area (Å²) in [6.07, 6.45) is 51.5. The number of quaternary nitrogens is 1. The molecule has 2 N–H and O–H groups in total. The SMILES string of the molecule is CCCCCCCC/C=C\C/C=C/CCC(=O)OC(/C=C/CCCCCCCCCCC)C(COP(=O)(O)OCC[N+](C)(C)C)NC(=O)CCCCCCCCCCCCCCCC. The quantitative estimate of drug-likeness (QED) is 0.0206. The molecule has 0 aliphatic rings. The number of nitrogens with zero attached hydrogens (tertiary/aromatic N) is 1. The topological polar surface area (TPSA) is 111 Å². The zero-order valence-corrected chi connectivity index (χ0v) is 43.7. The smallest absolute Gasteiger partial charge is 0.456 e. The van der Waals surface area contributed by atoms with E-state index in [-0.39, 0.29) is 25.5 Å². The third-order valence-corrected chi connectivity index (χ3v) is 12.8. The Morgan fingerprint density at radius 2 is 0.969 bits per heavy atom. The Balaban J connectivity index is 5.45. The van der Waals surface area contributed by atoms with Crippen LogP contribution in [0.25, 0.3) is 0 Å². The van der Waals surface area contributed by atoms with Gasteiger partial charge in [-0.25, -0.2) is 4.57 Å². The molecule has 0 rings (SSSR count). The van der Waals surface area contributed by atoms with Gasteiger partial charge in [0.2, 0.25) is 5.91 Å². The molecule has 0 aromatic carbocycles. The molecule has 3 unspecified atom stereocenters. The number of hydrogen-bond acceptors (Lipinski definition) is 6. The van der Waals surface area contributed by atoms with Crippen LogP contribution in [0.3, 0.4) is 0 Å². The Morgan fingerprint density at radius 3 is 1.44 bits per heavy atom. The van der Waals surface area contributed by atoms with Crippen LogP contribution in [0.15, 0.2) is 36.5 Å². The minimum absolute atomic E-state index is 0.0346. The summed E-state index contributed by atoms with van der Waals surface area (Å²) in [5, 5.41) is 3.02. The number of rotatable bonds is 48. The third kappa shape index (κ3) is 45.4. The Labute approximate surface area is 396 Å². The van der Waals surface area contributed by atoms with Crippen LogP contribution in [0.4, 0.5) is 0 Å². The van der Waals surface area contributed by atoms with E-state index in [1.54, 1.807) is 0 Å². The number of carbonyl (C=O) groups excluding carboxylic acids is 2. The van der Waals surface area contributed by atoms with Crippen molar-refractivity contribution in [3.63, 3.8) is 0 Å². The molecule has 0 aliphatic heterocycles. The monoisotopic (exact) mass is 924 g/mol. The van der Waals surface area contributed by atoms with Gasteiger partial charge < -0.3 is 19.4 Å². The van der Waals surface area contributed by atoms with Gasteiger partial charge in [0.25, 0.3) is 0 Å². The molecule has 3 atom stereocenters. The van der Waals surface area contributed by atoms with E-state index >= 15 is 0 Å². The predicted molar refractivity (Wildman–Crippen MR) is 272 cm³/mol. The number of likely N-dealkylation sites (N-methyl/N-ethyl adjacent to an activating group) is 1. The molecule has 10 heteroatoms. The van der Waals surface area contributed by atoms with E-state index in [2.05, 4.69) is 44.3 Å². The van der Waals surface area contributed by atoms with Gasteiger partial charge >= 0.3 is 13.8 Å². The molecule has 0 aliphatic carbocycles. The van der Waals surface area contributed by atoms with E-state index in [1.165, 1.54) is 154 Å². The number of esters is 1. The molecule has 1 amide bonds. The van der Waals surface area contributed by atoms with E-state index in [9.17, 15) is 19.0 Å². The van der Waals surface area contributed by atoms with Crippen molar-refractivity contribution in [1.29, 1.82) is 0 Å². The van der Waals surface area contributed by atoms with Crippen LogP contribution in [0, 0.1) is 0 Å². The summed E-state index contributed by atoms with van der Waals surface area (Å²) in [6, 6.07) is -0.864. The molecule has 0 radical (unpaired) electrons. The number of phosphoric acid groups is 1. The van der Waals surface area contributed by atoms with Gasteiger partial charge in [0, 0.05) is 12.8 Å². The predicted octanol–water partition coefficient (Wildman–Crippen LogP) is 15.6. The second kappa shape index (κ2) is 45.0. The summed E-state index contributed by atoms with van der Waals surface area (Å²) >= 11 is 0. The summed E-state index contributed by atoms with van der Waals surface area (Å²) < 4.78 is 30.4. The standard InChI is InChI=1S/C54H103N2O7P/c1-7-10-13-16-19-22-25-27-29-31-34-37-40-43-46-53(57)55-51(50-62-64(59,60)61-49-48-56(4,5)6)52(45-42-39-36-33-30-24-21-18-15-12-9-3)63-54(58)47-44-41-38-35-32-28-26-23-20-17-14-11-8-2/h28,32,38,41-42,45,51-52H,7-27,29-31,33-37,39-40,43-44,46-50H2,1-6H3,(H-,55,57,59,60)/p+1/b32-28-,41-38+,45-42+. The second-order valence-corrected chi connectivity index (χ2v) is 20.9. The molecule has 0 fully saturated rings. The van der Waals surface area contributed by atoms with Gasteiger partial charge in [0.15, 0.2) is 0 Å². The van der Waals surface area contributed by atoms with Crippen molar-refractivity contribution in [2.75, 3.05) is 40.9 Å². The fourth-order valence-corrected chi connectivity index (χ4v) is 8.38. The zero-order chi connectivity index (χ0) is 47.3. The van der Waals surface area contributed by atoms with Crippen molar-refractivity contribution in [2.45, 2.75) is 258 Å². The van der Waals surface area contributed by atoms with E-state index in [0.717, 1.165) is 51.4 Å². The Bertz CT molecular complexity index is 1200. The number of hydrogen-bond donors (Lipinski definition) is 2. The molecule has 376 valence electrons. The van der Waals surface area contributed by atoms with E-state index in [1.807, 2.05) is 39.4 Å². The number of allylic oxidation sites excluding steroid dienone is 5.